The van der Waals surface area contributed by atoms with E-state index < -0.39 is 0 Å². The molecule has 2 heteroatoms. The molecule has 0 N–H and O–H groups in total. The van der Waals surface area contributed by atoms with Crippen LogP contribution in [0.1, 0.15) is 27.7 Å². The van der Waals surface area contributed by atoms with E-state index in [9.17, 15) is 4.79 Å². The number of ketones is 1. The predicted octanol–water partition coefficient (Wildman–Crippen LogP) is 4.51. The van der Waals surface area contributed by atoms with Gasteiger partial charge in [0.05, 0.1) is 11.4 Å². The molecule has 104 valence electrons. The van der Waals surface area contributed by atoms with Gasteiger partial charge >= 0.3 is 0 Å². The lowest BCUT2D eigenvalue weighted by atomic mass is 9.84. The normalized spacial score (nSPS) is 15.5. The second kappa shape index (κ2) is 6.00. The maximum atomic E-state index is 12.4. The molecule has 2 rings (SSSR count). The molecule has 0 aromatic heterocycles. The molecule has 0 radical (unpaired) electrons. The van der Waals surface area contributed by atoms with Crippen molar-refractivity contribution >= 4 is 17.2 Å². The predicted molar refractivity (Wildman–Crippen MR) is 84.4 cm³/mol. The van der Waals surface area contributed by atoms with Gasteiger partial charge in [-0.15, -0.1) is 0 Å². The maximum absolute atomic E-state index is 12.4. The summed E-state index contributed by atoms with van der Waals surface area (Å²) in [5.74, 6) is 0.596. The fourth-order valence-corrected chi connectivity index (χ4v) is 2.23. The molecular weight excluding hydrogens is 246 g/mol. The fraction of sp³-hybridized carbons (Fsp3) is 0.333. The average molecular weight is 267 g/mol. The molecule has 0 amide bonds. The van der Waals surface area contributed by atoms with Crippen LogP contribution >= 0.6 is 0 Å². The lowest BCUT2D eigenvalue weighted by Gasteiger charge is -2.20. The summed E-state index contributed by atoms with van der Waals surface area (Å²) in [6.07, 6.45) is 3.84. The Kier molecular flexibility index (Phi) is 4.33. The number of allylic oxidation sites excluding steroid dienone is 4. The van der Waals surface area contributed by atoms with Crippen LogP contribution in [0.2, 0.25) is 0 Å². The summed E-state index contributed by atoms with van der Waals surface area (Å²) in [7, 11) is 0. The van der Waals surface area contributed by atoms with Gasteiger partial charge in [0.25, 0.3) is 0 Å². The molecule has 0 bridgehead atoms. The first kappa shape index (κ1) is 14.4. The molecule has 0 saturated carbocycles. The van der Waals surface area contributed by atoms with Crippen molar-refractivity contribution in [3.63, 3.8) is 0 Å². The summed E-state index contributed by atoms with van der Waals surface area (Å²) < 4.78 is 0. The number of carbonyl (C=O) groups is 1. The van der Waals surface area contributed by atoms with Crippen molar-refractivity contribution in [2.45, 2.75) is 27.7 Å². The van der Waals surface area contributed by atoms with Gasteiger partial charge in [0, 0.05) is 11.1 Å². The van der Waals surface area contributed by atoms with E-state index in [1.807, 2.05) is 70.2 Å². The van der Waals surface area contributed by atoms with Crippen molar-refractivity contribution in [2.75, 3.05) is 0 Å². The van der Waals surface area contributed by atoms with Gasteiger partial charge in [0.1, 0.15) is 0 Å². The highest BCUT2D eigenvalue weighted by Gasteiger charge is 2.24. The Morgan fingerprint density at radius 2 is 1.35 bits per heavy atom. The monoisotopic (exact) mass is 267 g/mol. The first-order valence-corrected chi connectivity index (χ1v) is 7.10. The molecule has 0 fully saturated rings. The van der Waals surface area contributed by atoms with E-state index in [-0.39, 0.29) is 17.6 Å². The van der Waals surface area contributed by atoms with E-state index in [4.69, 9.17) is 0 Å². The summed E-state index contributed by atoms with van der Waals surface area (Å²) in [5.41, 5.74) is 3.48. The van der Waals surface area contributed by atoms with Crippen molar-refractivity contribution in [2.24, 2.45) is 16.8 Å². The van der Waals surface area contributed by atoms with Crippen LogP contribution in [-0.2, 0) is 4.79 Å². The van der Waals surface area contributed by atoms with Crippen LogP contribution in [0.15, 0.2) is 58.6 Å². The quantitative estimate of drug-likeness (QED) is 0.741. The Bertz CT molecular complexity index is 559. The smallest absolute Gasteiger partial charge is 0.185 e. The topological polar surface area (TPSA) is 29.4 Å². The number of hydrogen-bond acceptors (Lipinski definition) is 2. The van der Waals surface area contributed by atoms with Gasteiger partial charge in [-0.1, -0.05) is 45.9 Å². The van der Waals surface area contributed by atoms with E-state index in [1.165, 1.54) is 0 Å². The van der Waals surface area contributed by atoms with E-state index in [2.05, 4.69) is 4.99 Å². The van der Waals surface area contributed by atoms with Crippen LogP contribution in [-0.4, -0.2) is 11.5 Å². The largest absolute Gasteiger partial charge is 0.289 e. The minimum Gasteiger partial charge on any atom is -0.289 e. The van der Waals surface area contributed by atoms with E-state index in [0.717, 1.165) is 22.5 Å². The lowest BCUT2D eigenvalue weighted by Crippen LogP contribution is -2.20. The molecular formula is C18H21NO. The van der Waals surface area contributed by atoms with Crippen LogP contribution < -0.4 is 0 Å². The molecule has 0 unspecified atom stereocenters. The van der Waals surface area contributed by atoms with Crippen molar-refractivity contribution in [3.05, 3.63) is 53.6 Å². The van der Waals surface area contributed by atoms with Crippen LogP contribution in [0.3, 0.4) is 0 Å². The van der Waals surface area contributed by atoms with Crippen molar-refractivity contribution < 1.29 is 4.79 Å². The zero-order chi connectivity index (χ0) is 14.7. The molecule has 1 aliphatic rings. The first-order chi connectivity index (χ1) is 9.49. The number of Topliss-reactive ketones (excluding diaryl/α,β-unsaturated/α-hetero) is 1. The Hall–Kier alpha value is -1.96. The highest BCUT2D eigenvalue weighted by atomic mass is 16.1. The molecule has 0 spiro atoms. The Balaban J connectivity index is 2.46. The lowest BCUT2D eigenvalue weighted by molar-refractivity contribution is -0.113. The zero-order valence-corrected chi connectivity index (χ0v) is 12.6. The van der Waals surface area contributed by atoms with Gasteiger partial charge in [-0.25, -0.2) is 4.99 Å². The maximum Gasteiger partial charge on any atom is 0.185 e. The van der Waals surface area contributed by atoms with Gasteiger partial charge in [-0.2, -0.15) is 0 Å². The summed E-state index contributed by atoms with van der Waals surface area (Å²) >= 11 is 0. The third-order valence-corrected chi connectivity index (χ3v) is 3.39. The van der Waals surface area contributed by atoms with Crippen LogP contribution in [0, 0.1) is 11.8 Å². The van der Waals surface area contributed by atoms with Crippen molar-refractivity contribution in [3.8, 4) is 0 Å². The number of benzene rings is 1. The van der Waals surface area contributed by atoms with Crippen LogP contribution in [0.25, 0.3) is 0 Å². The van der Waals surface area contributed by atoms with Gasteiger partial charge in [-0.3, -0.25) is 4.79 Å². The summed E-state index contributed by atoms with van der Waals surface area (Å²) in [4.78, 5) is 17.0. The molecule has 1 aliphatic carbocycles. The van der Waals surface area contributed by atoms with E-state index in [1.54, 1.807) is 0 Å². The third-order valence-electron chi connectivity index (χ3n) is 3.39. The van der Waals surface area contributed by atoms with Gasteiger partial charge in [-0.05, 0) is 36.1 Å². The summed E-state index contributed by atoms with van der Waals surface area (Å²) in [6, 6.07) is 9.84. The molecule has 1 aromatic carbocycles. The van der Waals surface area contributed by atoms with Crippen LogP contribution in [0.4, 0.5) is 5.69 Å². The Morgan fingerprint density at radius 1 is 0.850 bits per heavy atom. The SMILES string of the molecule is CC(C)C1=CC(=Nc2ccccc2)C=C(C(C)C)C1=O. The molecule has 1 aromatic rings. The molecule has 2 nitrogen and oxygen atoms in total. The molecule has 0 saturated heterocycles. The highest BCUT2D eigenvalue weighted by Crippen LogP contribution is 2.26. The molecule has 20 heavy (non-hydrogen) atoms. The highest BCUT2D eigenvalue weighted by molar-refractivity contribution is 6.22. The second-order valence-corrected chi connectivity index (χ2v) is 5.71. The minimum atomic E-state index is 0.169. The average Bonchev–Trinajstić information content (AvgIpc) is 2.41. The standard InChI is InChI=1S/C18H21NO/c1-12(2)16-10-15(11-17(13(3)4)18(16)20)19-14-8-6-5-7-9-14/h5-13H,1-4H3. The Morgan fingerprint density at radius 3 is 1.80 bits per heavy atom. The number of carbonyl (C=O) groups excluding carboxylic acids is 1. The van der Waals surface area contributed by atoms with Gasteiger partial charge < -0.3 is 0 Å². The first-order valence-electron chi connectivity index (χ1n) is 7.10. The minimum absolute atomic E-state index is 0.169. The third kappa shape index (κ3) is 3.13. The molecule has 0 heterocycles. The van der Waals surface area contributed by atoms with Gasteiger partial charge in [0.15, 0.2) is 5.78 Å². The number of para-hydroxylation sites is 1. The summed E-state index contributed by atoms with van der Waals surface area (Å²) in [6.45, 7) is 8.19. The van der Waals surface area contributed by atoms with Crippen LogP contribution in [0.5, 0.6) is 0 Å². The fourth-order valence-electron chi connectivity index (χ4n) is 2.23. The number of nitrogens with zero attached hydrogens (tertiary/aromatic N) is 1. The summed E-state index contributed by atoms with van der Waals surface area (Å²) in [5, 5.41) is 0. The number of hydrogen-bond donors (Lipinski definition) is 0. The number of aliphatic imine (C=N–C) groups is 1. The van der Waals surface area contributed by atoms with Crippen molar-refractivity contribution in [1.82, 2.24) is 0 Å². The molecule has 0 atom stereocenters. The Labute approximate surface area is 120 Å². The molecule has 0 aliphatic heterocycles. The van der Waals surface area contributed by atoms with Crippen molar-refractivity contribution in [1.29, 1.82) is 0 Å². The number of rotatable bonds is 3. The van der Waals surface area contributed by atoms with E-state index >= 15 is 0 Å². The van der Waals surface area contributed by atoms with E-state index in [0.29, 0.717) is 0 Å². The second-order valence-electron chi connectivity index (χ2n) is 5.71. The zero-order valence-electron chi connectivity index (χ0n) is 12.6. The van der Waals surface area contributed by atoms with Gasteiger partial charge in [0.2, 0.25) is 0 Å².